The first-order valence-corrected chi connectivity index (χ1v) is 12.8. The predicted molar refractivity (Wildman–Crippen MR) is 133 cm³/mol. The number of aryl methyl sites for hydroxylation is 1. The zero-order chi connectivity index (χ0) is 19.9. The van der Waals surface area contributed by atoms with Gasteiger partial charge in [0.2, 0.25) is 0 Å². The van der Waals surface area contributed by atoms with Crippen LogP contribution in [0, 0.1) is 5.92 Å². The molecule has 0 radical (unpaired) electrons. The minimum absolute atomic E-state index is 0. The molecule has 0 saturated heterocycles. The summed E-state index contributed by atoms with van der Waals surface area (Å²) < 4.78 is 2.46. The van der Waals surface area contributed by atoms with E-state index in [2.05, 4.69) is 24.6 Å². The standard InChI is InChI=1S/C26H48N2.BrH/c1-3-4-5-6-7-8-9-10-11-12-13-14-15-16-21-28-22-20-27-26(28)25-19-17-18-24(2)23-25;/h20,22,24-25H,3-19,21,23H2,1-2H3;1H. The molecule has 0 spiro atoms. The van der Waals surface area contributed by atoms with Gasteiger partial charge in [0.1, 0.15) is 5.82 Å². The molecule has 2 unspecified atom stereocenters. The first-order chi connectivity index (χ1) is 13.8. The van der Waals surface area contributed by atoms with Gasteiger partial charge in [0.05, 0.1) is 0 Å². The molecule has 1 aromatic rings. The lowest BCUT2D eigenvalue weighted by atomic mass is 9.82. The molecule has 2 atom stereocenters. The van der Waals surface area contributed by atoms with Crippen LogP contribution in [0.5, 0.6) is 0 Å². The number of rotatable bonds is 16. The molecular formula is C26H49BrN2. The van der Waals surface area contributed by atoms with Crippen molar-refractivity contribution < 1.29 is 0 Å². The predicted octanol–water partition coefficient (Wildman–Crippen LogP) is 9.24. The molecule has 29 heavy (non-hydrogen) atoms. The quantitative estimate of drug-likeness (QED) is 0.221. The molecule has 0 aliphatic heterocycles. The van der Waals surface area contributed by atoms with Crippen molar-refractivity contribution >= 4 is 17.0 Å². The second kappa shape index (κ2) is 17.4. The Morgan fingerprint density at radius 1 is 0.828 bits per heavy atom. The van der Waals surface area contributed by atoms with E-state index in [0.717, 1.165) is 5.92 Å². The van der Waals surface area contributed by atoms with Crippen LogP contribution in [0.4, 0.5) is 0 Å². The van der Waals surface area contributed by atoms with E-state index in [4.69, 9.17) is 4.98 Å². The SMILES string of the molecule is Br.CCCCCCCCCCCCCCCCn1ccnc1C1CCCC(C)C1. The van der Waals surface area contributed by atoms with Crippen molar-refractivity contribution in [3.63, 3.8) is 0 Å². The molecule has 0 aromatic carbocycles. The summed E-state index contributed by atoms with van der Waals surface area (Å²) in [5.74, 6) is 2.97. The first kappa shape index (κ1) is 26.7. The third-order valence-corrected chi connectivity index (χ3v) is 6.80. The van der Waals surface area contributed by atoms with Crippen molar-refractivity contribution in [2.45, 2.75) is 142 Å². The largest absolute Gasteiger partial charge is 0.335 e. The Morgan fingerprint density at radius 2 is 1.38 bits per heavy atom. The maximum absolute atomic E-state index is 4.72. The average Bonchev–Trinajstić information content (AvgIpc) is 3.17. The number of aromatic nitrogens is 2. The second-order valence-electron chi connectivity index (χ2n) is 9.54. The summed E-state index contributed by atoms with van der Waals surface area (Å²) in [6.45, 7) is 5.89. The van der Waals surface area contributed by atoms with Crippen molar-refractivity contribution in [1.82, 2.24) is 9.55 Å². The summed E-state index contributed by atoms with van der Waals surface area (Å²) in [6.07, 6.45) is 29.8. The lowest BCUT2D eigenvalue weighted by Gasteiger charge is -2.26. The Bertz CT molecular complexity index is 485. The van der Waals surface area contributed by atoms with Gasteiger partial charge in [-0.15, -0.1) is 17.0 Å². The topological polar surface area (TPSA) is 17.8 Å². The van der Waals surface area contributed by atoms with E-state index in [1.165, 1.54) is 128 Å². The minimum Gasteiger partial charge on any atom is -0.335 e. The van der Waals surface area contributed by atoms with E-state index in [-0.39, 0.29) is 17.0 Å². The highest BCUT2D eigenvalue weighted by molar-refractivity contribution is 8.93. The second-order valence-corrected chi connectivity index (χ2v) is 9.54. The number of unbranched alkanes of at least 4 members (excludes halogenated alkanes) is 13. The molecule has 170 valence electrons. The summed E-state index contributed by atoms with van der Waals surface area (Å²) in [5, 5.41) is 0. The maximum Gasteiger partial charge on any atom is 0.111 e. The fourth-order valence-corrected chi connectivity index (χ4v) is 5.02. The zero-order valence-corrected chi connectivity index (χ0v) is 21.3. The van der Waals surface area contributed by atoms with Crippen molar-refractivity contribution in [2.75, 3.05) is 0 Å². The van der Waals surface area contributed by atoms with Crippen LogP contribution in [0.25, 0.3) is 0 Å². The van der Waals surface area contributed by atoms with Crippen LogP contribution in [0.1, 0.15) is 141 Å². The normalized spacial score (nSPS) is 19.2. The Balaban J connectivity index is 0.00000420. The molecule has 1 heterocycles. The number of hydrogen-bond donors (Lipinski definition) is 0. The fraction of sp³-hybridized carbons (Fsp3) is 0.885. The van der Waals surface area contributed by atoms with E-state index in [0.29, 0.717) is 5.92 Å². The summed E-state index contributed by atoms with van der Waals surface area (Å²) in [6, 6.07) is 0. The van der Waals surface area contributed by atoms with Crippen LogP contribution in [-0.2, 0) is 6.54 Å². The highest BCUT2D eigenvalue weighted by Crippen LogP contribution is 2.35. The van der Waals surface area contributed by atoms with Gasteiger partial charge in [-0.3, -0.25) is 0 Å². The smallest absolute Gasteiger partial charge is 0.111 e. The molecule has 2 rings (SSSR count). The Labute approximate surface area is 192 Å². The molecule has 1 aliphatic rings. The molecule has 1 fully saturated rings. The maximum atomic E-state index is 4.72. The third kappa shape index (κ3) is 11.6. The van der Waals surface area contributed by atoms with Crippen LogP contribution in [-0.4, -0.2) is 9.55 Å². The summed E-state index contributed by atoms with van der Waals surface area (Å²) in [5.41, 5.74) is 0. The highest BCUT2D eigenvalue weighted by Gasteiger charge is 2.23. The van der Waals surface area contributed by atoms with Crippen LogP contribution in [0.15, 0.2) is 12.4 Å². The van der Waals surface area contributed by atoms with Crippen molar-refractivity contribution in [3.05, 3.63) is 18.2 Å². The Morgan fingerprint density at radius 3 is 1.93 bits per heavy atom. The van der Waals surface area contributed by atoms with E-state index in [9.17, 15) is 0 Å². The van der Waals surface area contributed by atoms with Crippen molar-refractivity contribution in [1.29, 1.82) is 0 Å². The van der Waals surface area contributed by atoms with E-state index < -0.39 is 0 Å². The Hall–Kier alpha value is -0.310. The molecule has 2 nitrogen and oxygen atoms in total. The average molecular weight is 470 g/mol. The summed E-state index contributed by atoms with van der Waals surface area (Å²) in [7, 11) is 0. The van der Waals surface area contributed by atoms with Gasteiger partial charge in [-0.25, -0.2) is 4.98 Å². The minimum atomic E-state index is 0. The van der Waals surface area contributed by atoms with Crippen LogP contribution >= 0.6 is 17.0 Å². The zero-order valence-electron chi connectivity index (χ0n) is 19.5. The number of halogens is 1. The van der Waals surface area contributed by atoms with E-state index >= 15 is 0 Å². The van der Waals surface area contributed by atoms with Gasteiger partial charge in [-0.1, -0.05) is 110 Å². The number of hydrogen-bond acceptors (Lipinski definition) is 1. The Kier molecular flexibility index (Phi) is 16.0. The van der Waals surface area contributed by atoms with Gasteiger partial charge in [-0.2, -0.15) is 0 Å². The molecule has 3 heteroatoms. The van der Waals surface area contributed by atoms with Crippen LogP contribution in [0.2, 0.25) is 0 Å². The van der Waals surface area contributed by atoms with Gasteiger partial charge < -0.3 is 4.57 Å². The van der Waals surface area contributed by atoms with E-state index in [1.807, 2.05) is 6.20 Å². The van der Waals surface area contributed by atoms with Crippen LogP contribution in [0.3, 0.4) is 0 Å². The van der Waals surface area contributed by atoms with Gasteiger partial charge >= 0.3 is 0 Å². The molecule has 0 amide bonds. The molecule has 1 aliphatic carbocycles. The molecular weight excluding hydrogens is 420 g/mol. The van der Waals surface area contributed by atoms with Crippen molar-refractivity contribution in [3.8, 4) is 0 Å². The molecule has 1 saturated carbocycles. The lowest BCUT2D eigenvalue weighted by molar-refractivity contribution is 0.328. The summed E-state index contributed by atoms with van der Waals surface area (Å²) >= 11 is 0. The lowest BCUT2D eigenvalue weighted by Crippen LogP contribution is -2.16. The number of nitrogens with zero attached hydrogens (tertiary/aromatic N) is 2. The van der Waals surface area contributed by atoms with Gasteiger partial charge in [0.25, 0.3) is 0 Å². The van der Waals surface area contributed by atoms with Crippen LogP contribution < -0.4 is 0 Å². The van der Waals surface area contributed by atoms with Crippen molar-refractivity contribution in [2.24, 2.45) is 5.92 Å². The number of imidazole rings is 1. The van der Waals surface area contributed by atoms with Gasteiger partial charge in [0, 0.05) is 24.9 Å². The molecule has 0 N–H and O–H groups in total. The molecule has 1 aromatic heterocycles. The summed E-state index contributed by atoms with van der Waals surface area (Å²) in [4.78, 5) is 4.72. The van der Waals surface area contributed by atoms with E-state index in [1.54, 1.807) is 0 Å². The van der Waals surface area contributed by atoms with Gasteiger partial charge in [0.15, 0.2) is 0 Å². The first-order valence-electron chi connectivity index (χ1n) is 12.8. The fourth-order valence-electron chi connectivity index (χ4n) is 5.02. The monoisotopic (exact) mass is 468 g/mol. The highest BCUT2D eigenvalue weighted by atomic mass is 79.9. The third-order valence-electron chi connectivity index (χ3n) is 6.80. The molecule has 0 bridgehead atoms. The van der Waals surface area contributed by atoms with Gasteiger partial charge in [-0.05, 0) is 25.2 Å².